The van der Waals surface area contributed by atoms with Crippen LogP contribution in [0.25, 0.3) is 21.9 Å². The third kappa shape index (κ3) is 1.99. The summed E-state index contributed by atoms with van der Waals surface area (Å²) in [7, 11) is 1.64. The molecule has 3 aromatic rings. The van der Waals surface area contributed by atoms with Gasteiger partial charge in [0.2, 0.25) is 6.79 Å². The van der Waals surface area contributed by atoms with E-state index in [1.54, 1.807) is 7.11 Å². The van der Waals surface area contributed by atoms with Crippen molar-refractivity contribution in [2.24, 2.45) is 0 Å². The van der Waals surface area contributed by atoms with E-state index in [0.717, 1.165) is 50.3 Å². The Morgan fingerprint density at radius 1 is 1.08 bits per heavy atom. The highest BCUT2D eigenvalue weighted by Gasteiger charge is 2.28. The van der Waals surface area contributed by atoms with E-state index in [9.17, 15) is 4.79 Å². The maximum absolute atomic E-state index is 12.2. The highest BCUT2D eigenvalue weighted by molar-refractivity contribution is 6.11. The summed E-state index contributed by atoms with van der Waals surface area (Å²) < 4.78 is 16.6. The lowest BCUT2D eigenvalue weighted by Gasteiger charge is -2.14. The quantitative estimate of drug-likeness (QED) is 0.780. The Labute approximate surface area is 144 Å². The molecule has 1 N–H and O–H groups in total. The number of benzene rings is 3. The van der Waals surface area contributed by atoms with Crippen LogP contribution in [-0.2, 0) is 6.54 Å². The first-order chi connectivity index (χ1) is 12.3. The molecule has 5 rings (SSSR count). The summed E-state index contributed by atoms with van der Waals surface area (Å²) in [5.74, 6) is 2.23. The fourth-order valence-corrected chi connectivity index (χ4v) is 3.62. The second-order valence-corrected chi connectivity index (χ2v) is 6.09. The molecule has 0 unspecified atom stereocenters. The van der Waals surface area contributed by atoms with Crippen LogP contribution in [0.15, 0.2) is 42.5 Å². The summed E-state index contributed by atoms with van der Waals surface area (Å²) >= 11 is 0. The minimum atomic E-state index is -0.0377. The van der Waals surface area contributed by atoms with Crippen molar-refractivity contribution < 1.29 is 19.0 Å². The molecule has 2 aliphatic rings. The number of carbonyl (C=O) groups is 1. The van der Waals surface area contributed by atoms with E-state index >= 15 is 0 Å². The number of nitrogens with one attached hydrogen (secondary N) is 1. The fraction of sp³-hybridized carbons (Fsp3) is 0.150. The maximum atomic E-state index is 12.2. The standard InChI is InChI=1S/C20H15NO4/c1-23-13-5-2-11(3-6-13)17-15-9-21-20(22)14(15)8-12-4-7-16-19(18(12)17)25-10-24-16/h2-8H,9-10H2,1H3,(H,21,22). The second-order valence-electron chi connectivity index (χ2n) is 6.09. The molecule has 2 aliphatic heterocycles. The number of amides is 1. The van der Waals surface area contributed by atoms with Gasteiger partial charge in [-0.3, -0.25) is 4.79 Å². The number of hydrogen-bond acceptors (Lipinski definition) is 4. The Hall–Kier alpha value is -3.21. The van der Waals surface area contributed by atoms with Crippen molar-refractivity contribution in [2.75, 3.05) is 13.9 Å². The van der Waals surface area contributed by atoms with E-state index in [2.05, 4.69) is 5.32 Å². The van der Waals surface area contributed by atoms with E-state index < -0.39 is 0 Å². The van der Waals surface area contributed by atoms with E-state index in [-0.39, 0.29) is 12.7 Å². The average molecular weight is 333 g/mol. The van der Waals surface area contributed by atoms with Gasteiger partial charge in [-0.15, -0.1) is 0 Å². The molecule has 0 saturated heterocycles. The van der Waals surface area contributed by atoms with Gasteiger partial charge in [0, 0.05) is 17.5 Å². The van der Waals surface area contributed by atoms with Crippen molar-refractivity contribution in [3.8, 4) is 28.4 Å². The number of fused-ring (bicyclic) bond motifs is 4. The summed E-state index contributed by atoms with van der Waals surface area (Å²) in [5.41, 5.74) is 3.74. The Bertz CT molecular complexity index is 1020. The van der Waals surface area contributed by atoms with Gasteiger partial charge in [-0.05, 0) is 46.3 Å². The van der Waals surface area contributed by atoms with Crippen LogP contribution in [0.2, 0.25) is 0 Å². The van der Waals surface area contributed by atoms with Crippen molar-refractivity contribution in [1.82, 2.24) is 5.32 Å². The lowest BCUT2D eigenvalue weighted by atomic mass is 9.90. The predicted molar refractivity (Wildman–Crippen MR) is 93.2 cm³/mol. The van der Waals surface area contributed by atoms with Crippen LogP contribution in [0.3, 0.4) is 0 Å². The number of hydrogen-bond donors (Lipinski definition) is 1. The Kier molecular flexibility index (Phi) is 2.91. The van der Waals surface area contributed by atoms with E-state index in [4.69, 9.17) is 14.2 Å². The number of carbonyl (C=O) groups excluding carboxylic acids is 1. The molecular formula is C20H15NO4. The van der Waals surface area contributed by atoms with Crippen LogP contribution >= 0.6 is 0 Å². The molecule has 0 radical (unpaired) electrons. The summed E-state index contributed by atoms with van der Waals surface area (Å²) in [6.07, 6.45) is 0. The molecular weight excluding hydrogens is 318 g/mol. The molecule has 124 valence electrons. The zero-order chi connectivity index (χ0) is 17.0. The van der Waals surface area contributed by atoms with Crippen molar-refractivity contribution in [1.29, 1.82) is 0 Å². The lowest BCUT2D eigenvalue weighted by Crippen LogP contribution is -2.12. The highest BCUT2D eigenvalue weighted by Crippen LogP contribution is 2.46. The van der Waals surface area contributed by atoms with Crippen LogP contribution in [0.1, 0.15) is 15.9 Å². The number of ether oxygens (including phenoxy) is 3. The summed E-state index contributed by atoms with van der Waals surface area (Å²) in [6, 6.07) is 13.7. The molecule has 5 heteroatoms. The van der Waals surface area contributed by atoms with Gasteiger partial charge >= 0.3 is 0 Å². The van der Waals surface area contributed by atoms with Gasteiger partial charge in [0.25, 0.3) is 5.91 Å². The SMILES string of the molecule is COc1ccc(-c2c3c(cc4ccc5c(c24)OCO5)C(=O)NC3)cc1. The molecule has 2 heterocycles. The Morgan fingerprint density at radius 2 is 1.92 bits per heavy atom. The first kappa shape index (κ1) is 14.2. The lowest BCUT2D eigenvalue weighted by molar-refractivity contribution is 0.0966. The minimum Gasteiger partial charge on any atom is -0.497 e. The van der Waals surface area contributed by atoms with Gasteiger partial charge in [0.15, 0.2) is 11.5 Å². The topological polar surface area (TPSA) is 56.8 Å². The second kappa shape index (κ2) is 5.14. The first-order valence-electron chi connectivity index (χ1n) is 8.07. The zero-order valence-corrected chi connectivity index (χ0v) is 13.6. The van der Waals surface area contributed by atoms with Gasteiger partial charge < -0.3 is 19.5 Å². The highest BCUT2D eigenvalue weighted by atomic mass is 16.7. The molecule has 5 nitrogen and oxygen atoms in total. The Balaban J connectivity index is 1.88. The van der Waals surface area contributed by atoms with Crippen molar-refractivity contribution in [2.45, 2.75) is 6.54 Å². The molecule has 0 aliphatic carbocycles. The van der Waals surface area contributed by atoms with Crippen molar-refractivity contribution in [3.05, 3.63) is 53.6 Å². The first-order valence-corrected chi connectivity index (χ1v) is 8.07. The van der Waals surface area contributed by atoms with Crippen molar-refractivity contribution in [3.63, 3.8) is 0 Å². The molecule has 0 aromatic heterocycles. The smallest absolute Gasteiger partial charge is 0.251 e. The van der Waals surface area contributed by atoms with Gasteiger partial charge in [-0.25, -0.2) is 0 Å². The van der Waals surface area contributed by atoms with E-state index in [1.807, 2.05) is 42.5 Å². The van der Waals surface area contributed by atoms with Gasteiger partial charge in [-0.1, -0.05) is 18.2 Å². The largest absolute Gasteiger partial charge is 0.497 e. The normalized spacial score (nSPS) is 14.5. The molecule has 3 aromatic carbocycles. The third-order valence-corrected chi connectivity index (χ3v) is 4.80. The molecule has 1 amide bonds. The van der Waals surface area contributed by atoms with E-state index in [1.165, 1.54) is 0 Å². The van der Waals surface area contributed by atoms with Crippen molar-refractivity contribution >= 4 is 16.7 Å². The maximum Gasteiger partial charge on any atom is 0.251 e. The van der Waals surface area contributed by atoms with Crippen LogP contribution in [0.4, 0.5) is 0 Å². The molecule has 0 spiro atoms. The van der Waals surface area contributed by atoms with Crippen LogP contribution < -0.4 is 19.5 Å². The minimum absolute atomic E-state index is 0.0377. The summed E-state index contributed by atoms with van der Waals surface area (Å²) in [4.78, 5) is 12.2. The number of rotatable bonds is 2. The molecule has 0 atom stereocenters. The Morgan fingerprint density at radius 3 is 2.72 bits per heavy atom. The summed E-state index contributed by atoms with van der Waals surface area (Å²) in [5, 5.41) is 4.87. The average Bonchev–Trinajstić information content (AvgIpc) is 3.27. The molecule has 0 fully saturated rings. The van der Waals surface area contributed by atoms with Gasteiger partial charge in [-0.2, -0.15) is 0 Å². The predicted octanol–water partition coefficient (Wildman–Crippen LogP) is 3.49. The van der Waals surface area contributed by atoms with E-state index in [0.29, 0.717) is 6.54 Å². The third-order valence-electron chi connectivity index (χ3n) is 4.80. The molecule has 0 saturated carbocycles. The van der Waals surface area contributed by atoms with Crippen LogP contribution in [0.5, 0.6) is 17.2 Å². The molecule has 0 bridgehead atoms. The van der Waals surface area contributed by atoms with Crippen LogP contribution in [0, 0.1) is 0 Å². The number of methoxy groups -OCH3 is 1. The van der Waals surface area contributed by atoms with Crippen LogP contribution in [-0.4, -0.2) is 19.8 Å². The zero-order valence-electron chi connectivity index (χ0n) is 13.6. The monoisotopic (exact) mass is 333 g/mol. The van der Waals surface area contributed by atoms with Gasteiger partial charge in [0.1, 0.15) is 5.75 Å². The fourth-order valence-electron chi connectivity index (χ4n) is 3.62. The molecule has 25 heavy (non-hydrogen) atoms. The van der Waals surface area contributed by atoms with Gasteiger partial charge in [0.05, 0.1) is 7.11 Å². The summed E-state index contributed by atoms with van der Waals surface area (Å²) in [6.45, 7) is 0.723.